The van der Waals surface area contributed by atoms with Crippen LogP contribution in [0.15, 0.2) is 59.5 Å². The van der Waals surface area contributed by atoms with Crippen molar-refractivity contribution in [2.24, 2.45) is 5.14 Å². The zero-order valence-electron chi connectivity index (χ0n) is 14.5. The van der Waals surface area contributed by atoms with Crippen molar-refractivity contribution in [1.82, 2.24) is 4.90 Å². The van der Waals surface area contributed by atoms with E-state index in [9.17, 15) is 13.2 Å². The summed E-state index contributed by atoms with van der Waals surface area (Å²) in [5.41, 5.74) is 1.92. The molecule has 0 radical (unpaired) electrons. The average Bonchev–Trinajstić information content (AvgIpc) is 2.64. The van der Waals surface area contributed by atoms with Crippen LogP contribution in [0.25, 0.3) is 6.08 Å². The lowest BCUT2D eigenvalue weighted by Gasteiger charge is -2.24. The van der Waals surface area contributed by atoms with Crippen molar-refractivity contribution in [2.45, 2.75) is 17.9 Å². The van der Waals surface area contributed by atoms with Crippen LogP contribution in [0.2, 0.25) is 0 Å². The molecule has 0 spiro atoms. The molecule has 26 heavy (non-hydrogen) atoms. The maximum atomic E-state index is 12.4. The maximum Gasteiger partial charge on any atom is 0.246 e. The van der Waals surface area contributed by atoms with Crippen LogP contribution in [0.1, 0.15) is 29.7 Å². The highest BCUT2D eigenvalue weighted by Gasteiger charge is 2.17. The normalized spacial score (nSPS) is 12.5. The first-order valence-corrected chi connectivity index (χ1v) is 9.35. The number of primary sulfonamides is 1. The predicted molar refractivity (Wildman–Crippen MR) is 99.2 cm³/mol. The lowest BCUT2D eigenvalue weighted by atomic mass is 10.1. The van der Waals surface area contributed by atoms with E-state index in [1.807, 2.05) is 6.07 Å². The number of hydrogen-bond acceptors (Lipinski definition) is 4. The van der Waals surface area contributed by atoms with Crippen molar-refractivity contribution in [3.05, 3.63) is 71.3 Å². The van der Waals surface area contributed by atoms with Crippen LogP contribution in [0.4, 0.5) is 0 Å². The Balaban J connectivity index is 2.17. The molecule has 0 fully saturated rings. The minimum Gasteiger partial charge on any atom is -0.335 e. The van der Waals surface area contributed by atoms with Gasteiger partial charge < -0.3 is 4.90 Å². The van der Waals surface area contributed by atoms with Gasteiger partial charge in [0.2, 0.25) is 15.9 Å². The second-order valence-corrected chi connectivity index (χ2v) is 7.37. The molecule has 0 aromatic heterocycles. The van der Waals surface area contributed by atoms with Crippen LogP contribution in [0.3, 0.4) is 0 Å². The molecular formula is C19H19N3O3S. The van der Waals surface area contributed by atoms with Gasteiger partial charge in [-0.15, -0.1) is 0 Å². The number of rotatable bonds is 5. The first kappa shape index (κ1) is 19.4. The maximum absolute atomic E-state index is 12.4. The zero-order valence-corrected chi connectivity index (χ0v) is 15.3. The molecule has 134 valence electrons. The summed E-state index contributed by atoms with van der Waals surface area (Å²) in [6.07, 6.45) is 3.05. The minimum absolute atomic E-state index is 0.00607. The molecule has 0 aliphatic rings. The highest BCUT2D eigenvalue weighted by Crippen LogP contribution is 2.21. The van der Waals surface area contributed by atoms with Crippen molar-refractivity contribution in [1.29, 1.82) is 5.26 Å². The first-order chi connectivity index (χ1) is 12.2. The molecule has 7 heteroatoms. The number of carbonyl (C=O) groups excluding carboxylic acids is 1. The number of carbonyl (C=O) groups is 1. The Morgan fingerprint density at radius 3 is 2.58 bits per heavy atom. The number of nitrogens with zero attached hydrogens (tertiary/aromatic N) is 2. The molecule has 0 saturated heterocycles. The van der Waals surface area contributed by atoms with Gasteiger partial charge in [-0.1, -0.05) is 24.3 Å². The third kappa shape index (κ3) is 4.79. The van der Waals surface area contributed by atoms with Gasteiger partial charge >= 0.3 is 0 Å². The fraction of sp³-hybridized carbons (Fsp3) is 0.158. The Bertz CT molecular complexity index is 991. The number of nitrogens with two attached hydrogens (primary N) is 1. The molecule has 0 bridgehead atoms. The van der Waals surface area contributed by atoms with Gasteiger partial charge in [0.1, 0.15) is 0 Å². The molecule has 0 saturated carbocycles. The van der Waals surface area contributed by atoms with E-state index < -0.39 is 10.0 Å². The zero-order chi connectivity index (χ0) is 19.3. The molecule has 2 rings (SSSR count). The van der Waals surface area contributed by atoms with E-state index in [-0.39, 0.29) is 16.8 Å². The molecular weight excluding hydrogens is 350 g/mol. The van der Waals surface area contributed by atoms with Crippen LogP contribution in [0.5, 0.6) is 0 Å². The Morgan fingerprint density at radius 2 is 1.92 bits per heavy atom. The van der Waals surface area contributed by atoms with Crippen LogP contribution in [-0.4, -0.2) is 26.3 Å². The summed E-state index contributed by atoms with van der Waals surface area (Å²) in [4.78, 5) is 13.9. The number of hydrogen-bond donors (Lipinski definition) is 1. The van der Waals surface area contributed by atoms with E-state index in [1.165, 1.54) is 23.1 Å². The number of likely N-dealkylation sites (N-methyl/N-ethyl adjacent to an activating group) is 1. The predicted octanol–water partition coefficient (Wildman–Crippen LogP) is 2.44. The fourth-order valence-electron chi connectivity index (χ4n) is 2.36. The molecule has 0 aliphatic heterocycles. The highest BCUT2D eigenvalue weighted by molar-refractivity contribution is 7.89. The molecule has 0 aliphatic carbocycles. The van der Waals surface area contributed by atoms with Crippen molar-refractivity contribution in [3.8, 4) is 6.07 Å². The van der Waals surface area contributed by atoms with Crippen LogP contribution < -0.4 is 5.14 Å². The van der Waals surface area contributed by atoms with Crippen molar-refractivity contribution in [3.63, 3.8) is 0 Å². The number of amides is 1. The van der Waals surface area contributed by atoms with E-state index in [0.717, 1.165) is 5.56 Å². The molecule has 1 amide bonds. The minimum atomic E-state index is -3.80. The lowest BCUT2D eigenvalue weighted by Crippen LogP contribution is -2.28. The fourth-order valence-corrected chi connectivity index (χ4v) is 2.93. The second kappa shape index (κ2) is 7.95. The van der Waals surface area contributed by atoms with Gasteiger partial charge in [-0.25, -0.2) is 13.6 Å². The molecule has 2 aromatic rings. The standard InChI is InChI=1S/C19H19N3O3S/c1-14(17-7-4-8-18(12-17)26(21,24)25)22(2)19(23)10-9-15-5-3-6-16(11-15)13-20/h3-12,14H,1-2H3,(H2,21,24,25). The highest BCUT2D eigenvalue weighted by atomic mass is 32.2. The molecule has 1 unspecified atom stereocenters. The Labute approximate surface area is 153 Å². The topological polar surface area (TPSA) is 104 Å². The first-order valence-electron chi connectivity index (χ1n) is 7.80. The SMILES string of the molecule is CC(c1cccc(S(N)(=O)=O)c1)N(C)C(=O)C=Cc1cccc(C#N)c1. The summed E-state index contributed by atoms with van der Waals surface area (Å²) in [5.74, 6) is -0.249. The van der Waals surface area contributed by atoms with E-state index in [0.29, 0.717) is 11.1 Å². The van der Waals surface area contributed by atoms with E-state index >= 15 is 0 Å². The largest absolute Gasteiger partial charge is 0.335 e. The van der Waals surface area contributed by atoms with Gasteiger partial charge in [0.05, 0.1) is 22.6 Å². The van der Waals surface area contributed by atoms with Crippen LogP contribution in [-0.2, 0) is 14.8 Å². The Morgan fingerprint density at radius 1 is 1.23 bits per heavy atom. The van der Waals surface area contributed by atoms with Crippen molar-refractivity contribution in [2.75, 3.05) is 7.05 Å². The van der Waals surface area contributed by atoms with Crippen LogP contribution in [0, 0.1) is 11.3 Å². The van der Waals surface area contributed by atoms with Crippen molar-refractivity contribution >= 4 is 22.0 Å². The quantitative estimate of drug-likeness (QED) is 0.817. The molecule has 0 heterocycles. The van der Waals surface area contributed by atoms with Gasteiger partial charge in [0, 0.05) is 13.1 Å². The van der Waals surface area contributed by atoms with Gasteiger partial charge in [-0.2, -0.15) is 5.26 Å². The smallest absolute Gasteiger partial charge is 0.246 e. The number of sulfonamides is 1. The third-order valence-corrected chi connectivity index (χ3v) is 4.94. The third-order valence-electron chi connectivity index (χ3n) is 4.03. The summed E-state index contributed by atoms with van der Waals surface area (Å²) in [7, 11) is -2.17. The molecule has 1 atom stereocenters. The Hall–Kier alpha value is -2.95. The van der Waals surface area contributed by atoms with Gasteiger partial charge in [-0.3, -0.25) is 4.79 Å². The summed E-state index contributed by atoms with van der Waals surface area (Å²) in [6, 6.07) is 14.8. The van der Waals surface area contributed by atoms with E-state index in [1.54, 1.807) is 56.4 Å². The summed E-state index contributed by atoms with van der Waals surface area (Å²) < 4.78 is 23.0. The van der Waals surface area contributed by atoms with E-state index in [2.05, 4.69) is 0 Å². The molecule has 2 aromatic carbocycles. The molecule has 6 nitrogen and oxygen atoms in total. The second-order valence-electron chi connectivity index (χ2n) is 5.81. The number of benzene rings is 2. The lowest BCUT2D eigenvalue weighted by molar-refractivity contribution is -0.126. The van der Waals surface area contributed by atoms with Gasteiger partial charge in [0.15, 0.2) is 0 Å². The van der Waals surface area contributed by atoms with Crippen LogP contribution >= 0.6 is 0 Å². The van der Waals surface area contributed by atoms with E-state index in [4.69, 9.17) is 10.4 Å². The number of nitriles is 1. The van der Waals surface area contributed by atoms with Gasteiger partial charge in [0.25, 0.3) is 0 Å². The molecule has 2 N–H and O–H groups in total. The summed E-state index contributed by atoms with van der Waals surface area (Å²) >= 11 is 0. The summed E-state index contributed by atoms with van der Waals surface area (Å²) in [6.45, 7) is 1.80. The Kier molecular flexibility index (Phi) is 5.93. The van der Waals surface area contributed by atoms with Gasteiger partial charge in [-0.05, 0) is 48.4 Å². The monoisotopic (exact) mass is 369 g/mol. The average molecular weight is 369 g/mol. The summed E-state index contributed by atoms with van der Waals surface area (Å²) in [5, 5.41) is 14.1. The van der Waals surface area contributed by atoms with Crippen molar-refractivity contribution < 1.29 is 13.2 Å².